The van der Waals surface area contributed by atoms with E-state index in [0.717, 1.165) is 18.7 Å². The van der Waals surface area contributed by atoms with E-state index in [1.54, 1.807) is 25.1 Å². The molecule has 1 heterocycles. The normalized spacial score (nSPS) is 18.5. The Morgan fingerprint density at radius 2 is 2.12 bits per heavy atom. The Morgan fingerprint density at radius 1 is 1.38 bits per heavy atom. The van der Waals surface area contributed by atoms with Crippen molar-refractivity contribution in [3.63, 3.8) is 0 Å². The van der Waals surface area contributed by atoms with Gasteiger partial charge in [0.2, 0.25) is 15.9 Å². The first-order valence-electron chi connectivity index (χ1n) is 8.92. The van der Waals surface area contributed by atoms with Crippen molar-refractivity contribution in [1.82, 2.24) is 5.32 Å². The molecule has 3 N–H and O–H groups in total. The zero-order valence-corrected chi connectivity index (χ0v) is 17.3. The maximum atomic E-state index is 12.3. The van der Waals surface area contributed by atoms with E-state index in [1.165, 1.54) is 12.8 Å². The first-order chi connectivity index (χ1) is 11.8. The molecule has 1 fully saturated rings. The molecule has 26 heavy (non-hydrogen) atoms. The fourth-order valence-corrected chi connectivity index (χ4v) is 3.84. The second-order valence-corrected chi connectivity index (χ2v) is 8.88. The highest BCUT2D eigenvalue weighted by Crippen LogP contribution is 2.24. The van der Waals surface area contributed by atoms with Crippen LogP contribution < -0.4 is 15.4 Å². The van der Waals surface area contributed by atoms with Crippen LogP contribution in [0.25, 0.3) is 0 Å². The van der Waals surface area contributed by atoms with Crippen molar-refractivity contribution in [2.24, 2.45) is 11.8 Å². The minimum Gasteiger partial charge on any atom is -0.326 e. The number of carbonyl (C=O) groups excluding carboxylic acids is 1. The third kappa shape index (κ3) is 6.78. The lowest BCUT2D eigenvalue weighted by atomic mass is 9.85. The Balaban J connectivity index is 0.00000338. The first kappa shape index (κ1) is 22.7. The topological polar surface area (TPSA) is 87.3 Å². The second-order valence-electron chi connectivity index (χ2n) is 6.87. The summed E-state index contributed by atoms with van der Waals surface area (Å²) in [6, 6.07) is 5.20. The van der Waals surface area contributed by atoms with E-state index in [-0.39, 0.29) is 24.1 Å². The molecule has 0 aliphatic carbocycles. The van der Waals surface area contributed by atoms with Gasteiger partial charge >= 0.3 is 0 Å². The van der Waals surface area contributed by atoms with Crippen LogP contribution in [-0.2, 0) is 14.8 Å². The molecule has 1 aromatic rings. The van der Waals surface area contributed by atoms with Crippen molar-refractivity contribution < 1.29 is 13.2 Å². The molecule has 0 radical (unpaired) electrons. The average Bonchev–Trinajstić information content (AvgIpc) is 2.58. The Morgan fingerprint density at radius 3 is 2.69 bits per heavy atom. The molecule has 1 aromatic carbocycles. The molecular formula is C18H30ClN3O3S. The van der Waals surface area contributed by atoms with Crippen LogP contribution in [0.2, 0.25) is 0 Å². The lowest BCUT2D eigenvalue weighted by Gasteiger charge is -2.28. The zero-order chi connectivity index (χ0) is 18.4. The number of nitrogens with one attached hydrogen (secondary N) is 3. The standard InChI is InChI=1S/C18H29N3O3S.ClH/c1-4-25(23,24)21-17-8-7-16(10-14(17)3)20-18(22)11-13(2)15-6-5-9-19-12-15;/h7-8,10,13,15,19,21H,4-6,9,11-12H2,1-3H3,(H,20,22);1H. The zero-order valence-electron chi connectivity index (χ0n) is 15.7. The molecule has 0 bridgehead atoms. The fourth-order valence-electron chi connectivity index (χ4n) is 3.13. The van der Waals surface area contributed by atoms with Gasteiger partial charge in [0.05, 0.1) is 11.4 Å². The summed E-state index contributed by atoms with van der Waals surface area (Å²) >= 11 is 0. The molecule has 1 amide bonds. The van der Waals surface area contributed by atoms with Crippen molar-refractivity contribution in [2.75, 3.05) is 28.9 Å². The summed E-state index contributed by atoms with van der Waals surface area (Å²) in [6.45, 7) is 7.60. The van der Waals surface area contributed by atoms with Gasteiger partial charge < -0.3 is 10.6 Å². The molecule has 1 aliphatic rings. The summed E-state index contributed by atoms with van der Waals surface area (Å²) < 4.78 is 25.9. The summed E-state index contributed by atoms with van der Waals surface area (Å²) in [5.74, 6) is 0.912. The van der Waals surface area contributed by atoms with Crippen LogP contribution in [0.3, 0.4) is 0 Å². The average molecular weight is 404 g/mol. The number of anilines is 2. The van der Waals surface area contributed by atoms with Gasteiger partial charge in [-0.2, -0.15) is 0 Å². The highest BCUT2D eigenvalue weighted by atomic mass is 35.5. The van der Waals surface area contributed by atoms with E-state index < -0.39 is 10.0 Å². The number of hydrogen-bond acceptors (Lipinski definition) is 4. The van der Waals surface area contributed by atoms with E-state index in [9.17, 15) is 13.2 Å². The highest BCUT2D eigenvalue weighted by molar-refractivity contribution is 7.92. The molecule has 0 saturated carbocycles. The summed E-state index contributed by atoms with van der Waals surface area (Å²) in [5, 5.41) is 6.31. The van der Waals surface area contributed by atoms with Crippen LogP contribution in [0.1, 0.15) is 38.7 Å². The maximum absolute atomic E-state index is 12.3. The number of hydrogen-bond donors (Lipinski definition) is 3. The number of piperidine rings is 1. The number of amides is 1. The SMILES string of the molecule is CCS(=O)(=O)Nc1ccc(NC(=O)CC(C)C2CCCNC2)cc1C.Cl. The maximum Gasteiger partial charge on any atom is 0.232 e. The number of aryl methyl sites for hydroxylation is 1. The molecule has 2 rings (SSSR count). The van der Waals surface area contributed by atoms with E-state index in [0.29, 0.717) is 29.6 Å². The number of sulfonamides is 1. The fraction of sp³-hybridized carbons (Fsp3) is 0.611. The van der Waals surface area contributed by atoms with Gasteiger partial charge in [-0.3, -0.25) is 9.52 Å². The lowest BCUT2D eigenvalue weighted by Crippen LogP contribution is -2.34. The van der Waals surface area contributed by atoms with Gasteiger partial charge in [-0.15, -0.1) is 12.4 Å². The van der Waals surface area contributed by atoms with Gasteiger partial charge in [-0.25, -0.2) is 8.42 Å². The number of carbonyl (C=O) groups is 1. The Kier molecular flexibility index (Phi) is 8.86. The van der Waals surface area contributed by atoms with Crippen LogP contribution in [0, 0.1) is 18.8 Å². The molecule has 1 saturated heterocycles. The van der Waals surface area contributed by atoms with Crippen LogP contribution in [-0.4, -0.2) is 33.2 Å². The summed E-state index contributed by atoms with van der Waals surface area (Å²) in [5.41, 5.74) is 2.01. The van der Waals surface area contributed by atoms with Gasteiger partial charge in [-0.05, 0) is 75.4 Å². The second kappa shape index (κ2) is 10.1. The number of benzene rings is 1. The van der Waals surface area contributed by atoms with E-state index in [4.69, 9.17) is 0 Å². The molecule has 2 atom stereocenters. The predicted molar refractivity (Wildman–Crippen MR) is 110 cm³/mol. The molecule has 6 nitrogen and oxygen atoms in total. The van der Waals surface area contributed by atoms with Crippen LogP contribution in [0.4, 0.5) is 11.4 Å². The van der Waals surface area contributed by atoms with Gasteiger partial charge in [0.25, 0.3) is 0 Å². The quantitative estimate of drug-likeness (QED) is 0.652. The largest absolute Gasteiger partial charge is 0.326 e. The van der Waals surface area contributed by atoms with Crippen molar-refractivity contribution in [2.45, 2.75) is 40.0 Å². The molecule has 148 valence electrons. The van der Waals surface area contributed by atoms with E-state index >= 15 is 0 Å². The summed E-state index contributed by atoms with van der Waals surface area (Å²) in [4.78, 5) is 12.3. The molecule has 0 aromatic heterocycles. The minimum absolute atomic E-state index is 0. The third-order valence-electron chi connectivity index (χ3n) is 4.80. The monoisotopic (exact) mass is 403 g/mol. The van der Waals surface area contributed by atoms with Gasteiger partial charge in [0, 0.05) is 12.1 Å². The first-order valence-corrected chi connectivity index (χ1v) is 10.6. The molecule has 8 heteroatoms. The van der Waals surface area contributed by atoms with E-state index in [1.807, 2.05) is 6.92 Å². The highest BCUT2D eigenvalue weighted by Gasteiger charge is 2.22. The minimum atomic E-state index is -3.30. The van der Waals surface area contributed by atoms with Crippen LogP contribution in [0.15, 0.2) is 18.2 Å². The molecule has 2 unspecified atom stereocenters. The Hall–Kier alpha value is -1.31. The third-order valence-corrected chi connectivity index (χ3v) is 6.09. The van der Waals surface area contributed by atoms with Crippen molar-refractivity contribution in [3.8, 4) is 0 Å². The Bertz CT molecular complexity index is 704. The molecular weight excluding hydrogens is 374 g/mol. The Labute approximate surface area is 163 Å². The van der Waals surface area contributed by atoms with Crippen molar-refractivity contribution in [3.05, 3.63) is 23.8 Å². The van der Waals surface area contributed by atoms with Crippen molar-refractivity contribution in [1.29, 1.82) is 0 Å². The number of halogens is 1. The smallest absolute Gasteiger partial charge is 0.232 e. The summed E-state index contributed by atoms with van der Waals surface area (Å²) in [7, 11) is -3.30. The molecule has 0 spiro atoms. The molecule has 1 aliphatic heterocycles. The van der Waals surface area contributed by atoms with E-state index in [2.05, 4.69) is 22.3 Å². The lowest BCUT2D eigenvalue weighted by molar-refractivity contribution is -0.117. The van der Waals surface area contributed by atoms with Gasteiger partial charge in [0.1, 0.15) is 0 Å². The predicted octanol–water partition coefficient (Wildman–Crippen LogP) is 3.14. The number of rotatable bonds is 7. The van der Waals surface area contributed by atoms with Crippen LogP contribution >= 0.6 is 12.4 Å². The van der Waals surface area contributed by atoms with Crippen molar-refractivity contribution >= 4 is 39.7 Å². The van der Waals surface area contributed by atoms with Gasteiger partial charge in [-0.1, -0.05) is 6.92 Å². The summed E-state index contributed by atoms with van der Waals surface area (Å²) in [6.07, 6.45) is 2.84. The van der Waals surface area contributed by atoms with Crippen LogP contribution in [0.5, 0.6) is 0 Å². The van der Waals surface area contributed by atoms with Gasteiger partial charge in [0.15, 0.2) is 0 Å².